The quantitative estimate of drug-likeness (QED) is 0.267. The fraction of sp³-hybridized carbons (Fsp3) is 0.483. The largest absolute Gasteiger partial charge is 0.496 e. The van der Waals surface area contributed by atoms with Crippen molar-refractivity contribution in [1.82, 2.24) is 29.2 Å². The highest BCUT2D eigenvalue weighted by atomic mass is 16.5. The lowest BCUT2D eigenvalue weighted by molar-refractivity contribution is 0.140. The van der Waals surface area contributed by atoms with Gasteiger partial charge in [-0.05, 0) is 43.5 Å². The van der Waals surface area contributed by atoms with Gasteiger partial charge in [0, 0.05) is 49.7 Å². The fourth-order valence-electron chi connectivity index (χ4n) is 5.57. The number of unbranched alkanes of at least 4 members (excludes halogenated alkanes) is 2. The van der Waals surface area contributed by atoms with Gasteiger partial charge in [-0.2, -0.15) is 10.1 Å². The van der Waals surface area contributed by atoms with E-state index in [1.807, 2.05) is 24.0 Å². The van der Waals surface area contributed by atoms with Gasteiger partial charge < -0.3 is 20.4 Å². The molecule has 0 saturated carbocycles. The van der Waals surface area contributed by atoms with Crippen molar-refractivity contribution in [2.24, 2.45) is 7.05 Å². The lowest BCUT2D eigenvalue weighted by Gasteiger charge is -2.35. The Bertz CT molecular complexity index is 1360. The third kappa shape index (κ3) is 5.78. The van der Waals surface area contributed by atoms with Crippen molar-refractivity contribution >= 4 is 22.8 Å². The Hall–Kier alpha value is -3.59. The van der Waals surface area contributed by atoms with Crippen LogP contribution in [0.4, 0.5) is 11.8 Å². The van der Waals surface area contributed by atoms with Crippen LogP contribution in [0.1, 0.15) is 68.2 Å². The van der Waals surface area contributed by atoms with Gasteiger partial charge in [-0.1, -0.05) is 38.3 Å². The molecule has 1 aromatic carbocycles. The normalized spacial score (nSPS) is 16.2. The van der Waals surface area contributed by atoms with E-state index in [1.165, 1.54) is 43.2 Å². The smallest absolute Gasteiger partial charge is 0.222 e. The Morgan fingerprint density at radius 3 is 2.82 bits per heavy atom. The topological polar surface area (TPSA) is 99.0 Å². The molecule has 0 aliphatic carbocycles. The molecule has 0 spiro atoms. The summed E-state index contributed by atoms with van der Waals surface area (Å²) in [5.41, 5.74) is 11.5. The van der Waals surface area contributed by atoms with Gasteiger partial charge >= 0.3 is 0 Å². The molecule has 1 saturated heterocycles. The van der Waals surface area contributed by atoms with Crippen LogP contribution in [0, 0.1) is 0 Å². The van der Waals surface area contributed by atoms with E-state index < -0.39 is 0 Å². The Kier molecular flexibility index (Phi) is 8.12. The number of rotatable bonds is 11. The first kappa shape index (κ1) is 26.0. The number of nitrogens with two attached hydrogens (primary N) is 1. The predicted molar refractivity (Wildman–Crippen MR) is 152 cm³/mol. The Morgan fingerprint density at radius 1 is 1.13 bits per heavy atom. The second kappa shape index (κ2) is 11.9. The van der Waals surface area contributed by atoms with Gasteiger partial charge in [-0.15, -0.1) is 0 Å². The van der Waals surface area contributed by atoms with Crippen molar-refractivity contribution in [3.8, 4) is 5.75 Å². The molecule has 9 heteroatoms. The standard InChI is InChI=1S/C29H40N8O/c1-4-5-7-13-31-28-27-24(33-29(30)34-28)12-15-37(27)20-22-11-10-21(16-26(22)38-3)18-36-14-8-6-9-25(36)23-17-32-35(2)19-23/h10-12,15-17,19,25H,4-9,13-14,18,20H2,1-3H3,(H3,30,31,33,34). The summed E-state index contributed by atoms with van der Waals surface area (Å²) in [6.45, 7) is 5.71. The number of anilines is 2. The van der Waals surface area contributed by atoms with E-state index >= 15 is 0 Å². The zero-order chi connectivity index (χ0) is 26.5. The number of likely N-dealkylation sites (tertiary alicyclic amines) is 1. The summed E-state index contributed by atoms with van der Waals surface area (Å²) in [4.78, 5) is 11.6. The highest BCUT2D eigenvalue weighted by Gasteiger charge is 2.25. The first-order chi connectivity index (χ1) is 18.6. The lowest BCUT2D eigenvalue weighted by Crippen LogP contribution is -2.32. The molecular weight excluding hydrogens is 476 g/mol. The summed E-state index contributed by atoms with van der Waals surface area (Å²) in [6.07, 6.45) is 13.3. The van der Waals surface area contributed by atoms with Crippen molar-refractivity contribution in [1.29, 1.82) is 0 Å². The number of methoxy groups -OCH3 is 1. The summed E-state index contributed by atoms with van der Waals surface area (Å²) in [5.74, 6) is 1.97. The highest BCUT2D eigenvalue weighted by Crippen LogP contribution is 2.33. The first-order valence-electron chi connectivity index (χ1n) is 13.8. The molecule has 1 fully saturated rings. The Labute approximate surface area is 225 Å². The van der Waals surface area contributed by atoms with Gasteiger partial charge in [-0.3, -0.25) is 9.58 Å². The molecule has 38 heavy (non-hydrogen) atoms. The number of hydrogen-bond donors (Lipinski definition) is 2. The third-order valence-corrected chi connectivity index (χ3v) is 7.50. The van der Waals surface area contributed by atoms with Gasteiger partial charge in [-0.25, -0.2) is 4.98 Å². The predicted octanol–water partition coefficient (Wildman–Crippen LogP) is 5.13. The number of ether oxygens (including phenoxy) is 1. The number of benzene rings is 1. The van der Waals surface area contributed by atoms with E-state index in [0.29, 0.717) is 12.6 Å². The van der Waals surface area contributed by atoms with E-state index in [0.717, 1.165) is 54.2 Å². The zero-order valence-corrected chi connectivity index (χ0v) is 22.9. The molecule has 3 N–H and O–H groups in total. The van der Waals surface area contributed by atoms with Gasteiger partial charge in [0.15, 0.2) is 5.82 Å². The molecule has 5 rings (SSSR count). The molecule has 3 aromatic heterocycles. The number of aromatic nitrogens is 5. The molecule has 0 bridgehead atoms. The summed E-state index contributed by atoms with van der Waals surface area (Å²) in [6, 6.07) is 9.02. The monoisotopic (exact) mass is 516 g/mol. The number of piperidine rings is 1. The maximum absolute atomic E-state index is 6.00. The van der Waals surface area contributed by atoms with Crippen LogP contribution >= 0.6 is 0 Å². The maximum Gasteiger partial charge on any atom is 0.222 e. The highest BCUT2D eigenvalue weighted by molar-refractivity contribution is 5.87. The van der Waals surface area contributed by atoms with Crippen LogP contribution in [0.5, 0.6) is 5.75 Å². The van der Waals surface area contributed by atoms with Crippen molar-refractivity contribution in [2.45, 2.75) is 64.6 Å². The van der Waals surface area contributed by atoms with Crippen LogP contribution in [0.25, 0.3) is 11.0 Å². The van der Waals surface area contributed by atoms with Crippen molar-refractivity contribution in [2.75, 3.05) is 31.2 Å². The van der Waals surface area contributed by atoms with Crippen LogP contribution in [0.2, 0.25) is 0 Å². The van der Waals surface area contributed by atoms with Crippen LogP contribution in [-0.2, 0) is 20.1 Å². The minimum absolute atomic E-state index is 0.289. The molecule has 202 valence electrons. The molecular formula is C29H40N8O. The molecule has 1 unspecified atom stereocenters. The molecule has 1 aliphatic rings. The van der Waals surface area contributed by atoms with Crippen LogP contribution in [-0.4, -0.2) is 49.4 Å². The van der Waals surface area contributed by atoms with Crippen LogP contribution < -0.4 is 15.8 Å². The summed E-state index contributed by atoms with van der Waals surface area (Å²) >= 11 is 0. The first-order valence-corrected chi connectivity index (χ1v) is 13.8. The fourth-order valence-corrected chi connectivity index (χ4v) is 5.57. The van der Waals surface area contributed by atoms with Crippen molar-refractivity contribution < 1.29 is 4.74 Å². The molecule has 4 aromatic rings. The lowest BCUT2D eigenvalue weighted by atomic mass is 9.96. The second-order valence-electron chi connectivity index (χ2n) is 10.3. The number of aryl methyl sites for hydroxylation is 1. The summed E-state index contributed by atoms with van der Waals surface area (Å²) in [5, 5.41) is 7.90. The molecule has 0 radical (unpaired) electrons. The minimum atomic E-state index is 0.289. The van der Waals surface area contributed by atoms with E-state index in [1.54, 1.807) is 7.11 Å². The van der Waals surface area contributed by atoms with Crippen LogP contribution in [0.15, 0.2) is 42.9 Å². The molecule has 1 atom stereocenters. The minimum Gasteiger partial charge on any atom is -0.496 e. The Balaban J connectivity index is 1.36. The van der Waals surface area contributed by atoms with E-state index in [9.17, 15) is 0 Å². The van der Waals surface area contributed by atoms with Crippen molar-refractivity contribution in [3.63, 3.8) is 0 Å². The number of nitrogens with zero attached hydrogens (tertiary/aromatic N) is 6. The number of nitrogens with one attached hydrogen (secondary N) is 1. The van der Waals surface area contributed by atoms with Crippen LogP contribution in [0.3, 0.4) is 0 Å². The average Bonchev–Trinajstić information content (AvgIpc) is 3.53. The van der Waals surface area contributed by atoms with E-state index in [-0.39, 0.29) is 5.95 Å². The second-order valence-corrected chi connectivity index (χ2v) is 10.3. The van der Waals surface area contributed by atoms with Gasteiger partial charge in [0.25, 0.3) is 0 Å². The molecule has 1 aliphatic heterocycles. The van der Waals surface area contributed by atoms with Crippen molar-refractivity contribution in [3.05, 3.63) is 59.5 Å². The molecule has 9 nitrogen and oxygen atoms in total. The van der Waals surface area contributed by atoms with Gasteiger partial charge in [0.1, 0.15) is 11.3 Å². The van der Waals surface area contributed by atoms with Gasteiger partial charge in [0.2, 0.25) is 5.95 Å². The molecule has 0 amide bonds. The summed E-state index contributed by atoms with van der Waals surface area (Å²) < 4.78 is 9.96. The maximum atomic E-state index is 6.00. The molecule has 4 heterocycles. The number of fused-ring (bicyclic) bond motifs is 1. The average molecular weight is 517 g/mol. The van der Waals surface area contributed by atoms with Gasteiger partial charge in [0.05, 0.1) is 25.4 Å². The van der Waals surface area contributed by atoms with E-state index in [2.05, 4.69) is 67.4 Å². The third-order valence-electron chi connectivity index (χ3n) is 7.50. The zero-order valence-electron chi connectivity index (χ0n) is 22.9. The van der Waals surface area contributed by atoms with E-state index in [4.69, 9.17) is 10.5 Å². The number of hydrogen-bond acceptors (Lipinski definition) is 7. The summed E-state index contributed by atoms with van der Waals surface area (Å²) in [7, 11) is 3.74. The Morgan fingerprint density at radius 2 is 2.03 bits per heavy atom. The SMILES string of the molecule is CCCCCNc1nc(N)nc2ccn(Cc3ccc(CN4CCCCC4c4cnn(C)c4)cc3OC)c12. The number of nitrogen functional groups attached to an aromatic ring is 1.